The molecule has 0 bridgehead atoms. The molecule has 0 aliphatic rings. The maximum absolute atomic E-state index is 5.36. The van der Waals surface area contributed by atoms with Crippen LogP contribution in [0.1, 0.15) is 0 Å². The first kappa shape index (κ1) is 20.6. The third-order valence-corrected chi connectivity index (χ3v) is 8.48. The fraction of sp³-hybridized carbons (Fsp3) is 0. The van der Waals surface area contributed by atoms with Gasteiger partial charge in [0.25, 0.3) is 0 Å². The number of hydrogen-bond acceptors (Lipinski definition) is 3. The van der Waals surface area contributed by atoms with E-state index in [9.17, 15) is 0 Å². The van der Waals surface area contributed by atoms with Crippen molar-refractivity contribution in [3.8, 4) is 22.5 Å². The van der Waals surface area contributed by atoms with Crippen molar-refractivity contribution in [2.45, 2.75) is 0 Å². The van der Waals surface area contributed by atoms with E-state index in [0.29, 0.717) is 0 Å². The predicted molar refractivity (Wildman–Crippen MR) is 158 cm³/mol. The first-order valence-corrected chi connectivity index (χ1v) is 13.2. The summed E-state index contributed by atoms with van der Waals surface area (Å²) in [6, 6.07) is 42.8. The molecule has 0 saturated heterocycles. The van der Waals surface area contributed by atoms with E-state index in [-0.39, 0.29) is 0 Å². The Labute approximate surface area is 217 Å². The minimum atomic E-state index is 0.910. The second kappa shape index (κ2) is 7.95. The van der Waals surface area contributed by atoms with Gasteiger partial charge in [-0.05, 0) is 22.9 Å². The maximum atomic E-state index is 5.36. The van der Waals surface area contributed by atoms with Gasteiger partial charge < -0.3 is 0 Å². The quantitative estimate of drug-likeness (QED) is 0.226. The summed E-state index contributed by atoms with van der Waals surface area (Å²) in [4.78, 5) is 10.6. The molecule has 0 unspecified atom stereocenters. The number of fused-ring (bicyclic) bond motifs is 8. The van der Waals surface area contributed by atoms with Crippen molar-refractivity contribution in [1.29, 1.82) is 0 Å². The van der Waals surface area contributed by atoms with Crippen molar-refractivity contribution in [3.63, 3.8) is 0 Å². The standard InChI is InChI=1S/C34H20N2S/c1-2-10-22(11-3-1)31-33(36-32-23-12-5-4-9-21(23)17-20-29(32)35-31)26-14-8-15-27-24(26)18-19-28-25-13-6-7-16-30(25)37-34(27)28/h1-20H. The van der Waals surface area contributed by atoms with Gasteiger partial charge >= 0.3 is 0 Å². The van der Waals surface area contributed by atoms with Gasteiger partial charge in [-0.15, -0.1) is 11.3 Å². The molecule has 8 rings (SSSR count). The summed E-state index contributed by atoms with van der Waals surface area (Å²) in [5.74, 6) is 0. The molecule has 3 heteroatoms. The van der Waals surface area contributed by atoms with Crippen LogP contribution in [-0.2, 0) is 0 Å². The fourth-order valence-corrected chi connectivity index (χ4v) is 6.75. The van der Waals surface area contributed by atoms with Crippen LogP contribution in [0, 0.1) is 0 Å². The van der Waals surface area contributed by atoms with Crippen molar-refractivity contribution >= 4 is 64.1 Å². The zero-order valence-electron chi connectivity index (χ0n) is 19.8. The number of aromatic nitrogens is 2. The molecule has 0 atom stereocenters. The van der Waals surface area contributed by atoms with Gasteiger partial charge in [0.15, 0.2) is 0 Å². The van der Waals surface area contributed by atoms with Crippen LogP contribution in [0.2, 0.25) is 0 Å². The molecule has 2 nitrogen and oxygen atoms in total. The molecule has 0 fully saturated rings. The molecular formula is C34H20N2S. The lowest BCUT2D eigenvalue weighted by Crippen LogP contribution is -1.97. The van der Waals surface area contributed by atoms with Gasteiger partial charge in [0.1, 0.15) is 0 Å². The average Bonchev–Trinajstić information content (AvgIpc) is 3.36. The zero-order valence-corrected chi connectivity index (χ0v) is 20.7. The van der Waals surface area contributed by atoms with E-state index < -0.39 is 0 Å². The number of rotatable bonds is 2. The van der Waals surface area contributed by atoms with E-state index >= 15 is 0 Å². The first-order valence-electron chi connectivity index (χ1n) is 12.4. The molecule has 37 heavy (non-hydrogen) atoms. The average molecular weight is 489 g/mol. The number of nitrogens with zero attached hydrogens (tertiary/aromatic N) is 2. The third kappa shape index (κ3) is 3.11. The summed E-state index contributed by atoms with van der Waals surface area (Å²) in [6.07, 6.45) is 0. The zero-order chi connectivity index (χ0) is 24.3. The van der Waals surface area contributed by atoms with Gasteiger partial charge in [0, 0.05) is 42.1 Å². The molecule has 0 aliphatic heterocycles. The van der Waals surface area contributed by atoms with Crippen LogP contribution in [0.5, 0.6) is 0 Å². The second-order valence-electron chi connectivity index (χ2n) is 9.38. The Morgan fingerprint density at radius 2 is 1.19 bits per heavy atom. The van der Waals surface area contributed by atoms with Crippen LogP contribution >= 0.6 is 11.3 Å². The lowest BCUT2D eigenvalue weighted by molar-refractivity contribution is 1.30. The molecule has 0 amide bonds. The minimum absolute atomic E-state index is 0.910. The normalized spacial score (nSPS) is 11.8. The lowest BCUT2D eigenvalue weighted by atomic mass is 9.96. The maximum Gasteiger partial charge on any atom is 0.0979 e. The Balaban J connectivity index is 1.50. The van der Waals surface area contributed by atoms with Crippen LogP contribution in [0.3, 0.4) is 0 Å². The molecule has 2 heterocycles. The van der Waals surface area contributed by atoms with Crippen LogP contribution in [0.15, 0.2) is 121 Å². The Bertz CT molecular complexity index is 2140. The Hall–Kier alpha value is -4.60. The molecule has 0 saturated carbocycles. The highest BCUT2D eigenvalue weighted by molar-refractivity contribution is 7.26. The van der Waals surface area contributed by atoms with Gasteiger partial charge in [-0.1, -0.05) is 109 Å². The van der Waals surface area contributed by atoms with Crippen LogP contribution in [0.4, 0.5) is 0 Å². The van der Waals surface area contributed by atoms with E-state index in [0.717, 1.165) is 38.9 Å². The highest BCUT2D eigenvalue weighted by Crippen LogP contribution is 2.42. The Morgan fingerprint density at radius 1 is 0.459 bits per heavy atom. The molecule has 172 valence electrons. The molecule has 0 aliphatic carbocycles. The van der Waals surface area contributed by atoms with Gasteiger partial charge in [-0.25, -0.2) is 9.97 Å². The van der Waals surface area contributed by atoms with Crippen LogP contribution in [-0.4, -0.2) is 9.97 Å². The number of hydrogen-bond donors (Lipinski definition) is 0. The van der Waals surface area contributed by atoms with Gasteiger partial charge in [0.2, 0.25) is 0 Å². The number of thiophene rings is 1. The Kier molecular flexibility index (Phi) is 4.42. The summed E-state index contributed by atoms with van der Waals surface area (Å²) in [5, 5.41) is 7.39. The summed E-state index contributed by atoms with van der Waals surface area (Å²) in [6.45, 7) is 0. The van der Waals surface area contributed by atoms with Crippen LogP contribution in [0.25, 0.3) is 75.3 Å². The second-order valence-corrected chi connectivity index (χ2v) is 10.4. The Morgan fingerprint density at radius 3 is 2.11 bits per heavy atom. The molecule has 0 spiro atoms. The summed E-state index contributed by atoms with van der Waals surface area (Å²) in [5.41, 5.74) is 5.85. The smallest absolute Gasteiger partial charge is 0.0979 e. The predicted octanol–water partition coefficient (Wildman–Crippen LogP) is 9.64. The number of benzene rings is 6. The summed E-state index contributed by atoms with van der Waals surface area (Å²) < 4.78 is 2.64. The SMILES string of the molecule is c1ccc(-c2nc3ccc4ccccc4c3nc2-c2cccc3c2ccc2c4ccccc4sc32)cc1. The van der Waals surface area contributed by atoms with Crippen molar-refractivity contribution in [2.24, 2.45) is 0 Å². The van der Waals surface area contributed by atoms with E-state index in [1.54, 1.807) is 0 Å². The highest BCUT2D eigenvalue weighted by Gasteiger charge is 2.18. The fourth-order valence-electron chi connectivity index (χ4n) is 5.52. The first-order chi connectivity index (χ1) is 18.3. The van der Waals surface area contributed by atoms with E-state index in [4.69, 9.17) is 9.97 Å². The van der Waals surface area contributed by atoms with Crippen LogP contribution < -0.4 is 0 Å². The van der Waals surface area contributed by atoms with Gasteiger partial charge in [-0.2, -0.15) is 0 Å². The molecular weight excluding hydrogens is 468 g/mol. The van der Waals surface area contributed by atoms with E-state index in [1.807, 2.05) is 17.4 Å². The van der Waals surface area contributed by atoms with Gasteiger partial charge in [-0.3, -0.25) is 0 Å². The summed E-state index contributed by atoms with van der Waals surface area (Å²) >= 11 is 1.86. The molecule has 6 aromatic carbocycles. The van der Waals surface area contributed by atoms with Crippen molar-refractivity contribution < 1.29 is 0 Å². The van der Waals surface area contributed by atoms with E-state index in [2.05, 4.69) is 115 Å². The molecule has 0 radical (unpaired) electrons. The topological polar surface area (TPSA) is 25.8 Å². The summed E-state index contributed by atoms with van der Waals surface area (Å²) in [7, 11) is 0. The highest BCUT2D eigenvalue weighted by atomic mass is 32.1. The largest absolute Gasteiger partial charge is 0.244 e. The lowest BCUT2D eigenvalue weighted by Gasteiger charge is -2.14. The van der Waals surface area contributed by atoms with Gasteiger partial charge in [0.05, 0.1) is 22.4 Å². The minimum Gasteiger partial charge on any atom is -0.244 e. The molecule has 0 N–H and O–H groups in total. The molecule has 8 aromatic rings. The molecule has 2 aromatic heterocycles. The monoisotopic (exact) mass is 488 g/mol. The van der Waals surface area contributed by atoms with Crippen molar-refractivity contribution in [3.05, 3.63) is 121 Å². The van der Waals surface area contributed by atoms with Crippen molar-refractivity contribution in [2.75, 3.05) is 0 Å². The third-order valence-electron chi connectivity index (χ3n) is 7.26. The van der Waals surface area contributed by atoms with E-state index in [1.165, 1.54) is 36.3 Å². The van der Waals surface area contributed by atoms with Crippen molar-refractivity contribution in [1.82, 2.24) is 9.97 Å².